The average Bonchev–Trinajstić information content (AvgIpc) is 2.67. The maximum Gasteiger partial charge on any atom is 0.184 e. The van der Waals surface area contributed by atoms with E-state index in [1.807, 2.05) is 0 Å². The lowest BCUT2D eigenvalue weighted by Gasteiger charge is -1.99. The van der Waals surface area contributed by atoms with Crippen molar-refractivity contribution in [1.82, 2.24) is 14.8 Å². The van der Waals surface area contributed by atoms with Gasteiger partial charge in [-0.3, -0.25) is 4.68 Å². The Bertz CT molecular complexity index is 501. The molecule has 1 aromatic carbocycles. The van der Waals surface area contributed by atoms with Gasteiger partial charge in [0.05, 0.1) is 18.7 Å². The highest BCUT2D eigenvalue weighted by molar-refractivity contribution is 7.80. The van der Waals surface area contributed by atoms with Gasteiger partial charge in [0.25, 0.3) is 0 Å². The van der Waals surface area contributed by atoms with Crippen molar-refractivity contribution in [3.63, 3.8) is 0 Å². The summed E-state index contributed by atoms with van der Waals surface area (Å²) in [7, 11) is 0. The predicted octanol–water partition coefficient (Wildman–Crippen LogP) is 1.37. The van der Waals surface area contributed by atoms with E-state index >= 15 is 0 Å². The Labute approximate surface area is 97.2 Å². The van der Waals surface area contributed by atoms with E-state index in [9.17, 15) is 4.39 Å². The molecule has 4 nitrogen and oxygen atoms in total. The molecule has 0 radical (unpaired) electrons. The van der Waals surface area contributed by atoms with Crippen LogP contribution in [0.2, 0.25) is 0 Å². The summed E-state index contributed by atoms with van der Waals surface area (Å²) in [6, 6.07) is 4.57. The number of benzene rings is 1. The van der Waals surface area contributed by atoms with Crippen molar-refractivity contribution in [2.75, 3.05) is 6.61 Å². The Morgan fingerprint density at radius 1 is 1.44 bits per heavy atom. The van der Waals surface area contributed by atoms with Gasteiger partial charge in [-0.05, 0) is 18.2 Å². The maximum absolute atomic E-state index is 13.5. The minimum Gasteiger partial charge on any atom is -0.394 e. The SMILES string of the molecule is OCCn1cnc(-c2ccc(S)cc2F)n1. The van der Waals surface area contributed by atoms with Crippen LogP contribution in [0.25, 0.3) is 11.4 Å². The summed E-state index contributed by atoms with van der Waals surface area (Å²) in [5.41, 5.74) is 0.328. The first-order chi connectivity index (χ1) is 7.70. The van der Waals surface area contributed by atoms with Crippen molar-refractivity contribution < 1.29 is 9.50 Å². The van der Waals surface area contributed by atoms with Gasteiger partial charge in [0.1, 0.15) is 12.1 Å². The Morgan fingerprint density at radius 3 is 2.94 bits per heavy atom. The average molecular weight is 239 g/mol. The van der Waals surface area contributed by atoms with Gasteiger partial charge in [-0.15, -0.1) is 12.6 Å². The predicted molar refractivity (Wildman–Crippen MR) is 59.8 cm³/mol. The summed E-state index contributed by atoms with van der Waals surface area (Å²) in [6.07, 6.45) is 1.46. The van der Waals surface area contributed by atoms with E-state index in [1.165, 1.54) is 17.1 Å². The van der Waals surface area contributed by atoms with Gasteiger partial charge in [0.2, 0.25) is 0 Å². The summed E-state index contributed by atoms with van der Waals surface area (Å²) in [5.74, 6) is -0.103. The van der Waals surface area contributed by atoms with Crippen LogP contribution in [0.5, 0.6) is 0 Å². The number of aromatic nitrogens is 3. The molecule has 0 saturated heterocycles. The first kappa shape index (κ1) is 11.1. The molecular formula is C10H10FN3OS. The molecule has 0 aliphatic rings. The lowest BCUT2D eigenvalue weighted by atomic mass is 10.2. The van der Waals surface area contributed by atoms with Gasteiger partial charge in [0.15, 0.2) is 5.82 Å². The fourth-order valence-electron chi connectivity index (χ4n) is 1.31. The lowest BCUT2D eigenvalue weighted by molar-refractivity contribution is 0.269. The van der Waals surface area contributed by atoms with Crippen molar-refractivity contribution in [2.45, 2.75) is 11.4 Å². The Balaban J connectivity index is 2.35. The van der Waals surface area contributed by atoms with E-state index in [0.717, 1.165) is 0 Å². The minimum atomic E-state index is -0.408. The standard InChI is InChI=1S/C10H10FN3OS/c11-9-5-7(16)1-2-8(9)10-12-6-14(13-10)3-4-15/h1-2,5-6,15-16H,3-4H2. The highest BCUT2D eigenvalue weighted by atomic mass is 32.1. The molecule has 0 atom stereocenters. The molecule has 84 valence electrons. The molecule has 2 aromatic rings. The topological polar surface area (TPSA) is 50.9 Å². The Kier molecular flexibility index (Phi) is 3.21. The zero-order valence-electron chi connectivity index (χ0n) is 8.34. The molecule has 2 rings (SSSR count). The number of aliphatic hydroxyl groups is 1. The van der Waals surface area contributed by atoms with E-state index < -0.39 is 5.82 Å². The third-order valence-electron chi connectivity index (χ3n) is 2.06. The fourth-order valence-corrected chi connectivity index (χ4v) is 1.50. The molecule has 1 heterocycles. The minimum absolute atomic E-state index is 0.0269. The van der Waals surface area contributed by atoms with Gasteiger partial charge in [-0.2, -0.15) is 5.10 Å². The summed E-state index contributed by atoms with van der Waals surface area (Å²) in [4.78, 5) is 4.52. The maximum atomic E-state index is 13.5. The number of nitrogens with zero attached hydrogens (tertiary/aromatic N) is 3. The number of aliphatic hydroxyl groups excluding tert-OH is 1. The van der Waals surface area contributed by atoms with Crippen LogP contribution in [0.15, 0.2) is 29.4 Å². The molecule has 0 fully saturated rings. The number of rotatable bonds is 3. The molecule has 6 heteroatoms. The summed E-state index contributed by atoms with van der Waals surface area (Å²) in [5, 5.41) is 12.8. The molecule has 0 aliphatic carbocycles. The second kappa shape index (κ2) is 4.63. The van der Waals surface area contributed by atoms with Gasteiger partial charge in [-0.1, -0.05) is 0 Å². The first-order valence-electron chi connectivity index (χ1n) is 4.70. The normalized spacial score (nSPS) is 10.7. The Morgan fingerprint density at radius 2 is 2.25 bits per heavy atom. The van der Waals surface area contributed by atoms with E-state index in [2.05, 4.69) is 22.7 Å². The van der Waals surface area contributed by atoms with Crippen LogP contribution in [-0.2, 0) is 6.54 Å². The van der Waals surface area contributed by atoms with Gasteiger partial charge in [0, 0.05) is 4.90 Å². The quantitative estimate of drug-likeness (QED) is 0.795. The Hall–Kier alpha value is -1.40. The summed E-state index contributed by atoms with van der Waals surface area (Å²) in [6.45, 7) is 0.320. The van der Waals surface area contributed by atoms with Crippen molar-refractivity contribution in [1.29, 1.82) is 0 Å². The summed E-state index contributed by atoms with van der Waals surface area (Å²) >= 11 is 4.03. The molecular weight excluding hydrogens is 229 g/mol. The van der Waals surface area contributed by atoms with Crippen LogP contribution in [-0.4, -0.2) is 26.5 Å². The molecule has 0 bridgehead atoms. The number of hydrogen-bond donors (Lipinski definition) is 2. The van der Waals surface area contributed by atoms with Crippen LogP contribution < -0.4 is 0 Å². The fraction of sp³-hybridized carbons (Fsp3) is 0.200. The highest BCUT2D eigenvalue weighted by Crippen LogP contribution is 2.21. The largest absolute Gasteiger partial charge is 0.394 e. The third-order valence-corrected chi connectivity index (χ3v) is 2.34. The lowest BCUT2D eigenvalue weighted by Crippen LogP contribution is -2.02. The van der Waals surface area contributed by atoms with Crippen LogP contribution in [0.3, 0.4) is 0 Å². The molecule has 16 heavy (non-hydrogen) atoms. The van der Waals surface area contributed by atoms with Gasteiger partial charge < -0.3 is 5.11 Å². The molecule has 0 spiro atoms. The number of thiol groups is 1. The zero-order chi connectivity index (χ0) is 11.5. The highest BCUT2D eigenvalue weighted by Gasteiger charge is 2.09. The molecule has 1 N–H and O–H groups in total. The molecule has 1 aromatic heterocycles. The van der Waals surface area contributed by atoms with Crippen molar-refractivity contribution >= 4 is 12.6 Å². The van der Waals surface area contributed by atoms with Crippen molar-refractivity contribution in [3.05, 3.63) is 30.3 Å². The number of hydrogen-bond acceptors (Lipinski definition) is 4. The molecule has 0 saturated carbocycles. The van der Waals surface area contributed by atoms with Gasteiger partial charge >= 0.3 is 0 Å². The van der Waals surface area contributed by atoms with E-state index in [1.54, 1.807) is 12.1 Å². The van der Waals surface area contributed by atoms with Crippen LogP contribution >= 0.6 is 12.6 Å². The van der Waals surface area contributed by atoms with Crippen molar-refractivity contribution in [2.24, 2.45) is 0 Å². The molecule has 0 aliphatic heterocycles. The van der Waals surface area contributed by atoms with E-state index in [4.69, 9.17) is 5.11 Å². The first-order valence-corrected chi connectivity index (χ1v) is 5.14. The van der Waals surface area contributed by atoms with Gasteiger partial charge in [-0.25, -0.2) is 9.37 Å². The number of halogens is 1. The van der Waals surface area contributed by atoms with E-state index in [0.29, 0.717) is 22.8 Å². The molecule has 0 unspecified atom stereocenters. The third kappa shape index (κ3) is 2.23. The monoisotopic (exact) mass is 239 g/mol. The van der Waals surface area contributed by atoms with Crippen molar-refractivity contribution in [3.8, 4) is 11.4 Å². The zero-order valence-corrected chi connectivity index (χ0v) is 9.23. The second-order valence-electron chi connectivity index (χ2n) is 3.22. The second-order valence-corrected chi connectivity index (χ2v) is 3.74. The van der Waals surface area contributed by atoms with Crippen LogP contribution in [0, 0.1) is 5.82 Å². The summed E-state index contributed by atoms with van der Waals surface area (Å²) < 4.78 is 15.0. The van der Waals surface area contributed by atoms with Crippen LogP contribution in [0.1, 0.15) is 0 Å². The van der Waals surface area contributed by atoms with E-state index in [-0.39, 0.29) is 6.61 Å². The molecule has 0 amide bonds. The van der Waals surface area contributed by atoms with Crippen LogP contribution in [0.4, 0.5) is 4.39 Å². The smallest absolute Gasteiger partial charge is 0.184 e.